The van der Waals surface area contributed by atoms with E-state index in [9.17, 15) is 4.79 Å². The minimum absolute atomic E-state index is 0.0598. The Morgan fingerprint density at radius 1 is 1.39 bits per heavy atom. The Balaban J connectivity index is 2.11. The highest BCUT2D eigenvalue weighted by atomic mass is 16.3. The minimum Gasteiger partial charge on any atom is -0.441 e. The Morgan fingerprint density at radius 2 is 2.22 bits per heavy atom. The van der Waals surface area contributed by atoms with Crippen molar-refractivity contribution in [2.45, 2.75) is 20.3 Å². The van der Waals surface area contributed by atoms with Crippen molar-refractivity contribution in [3.8, 4) is 0 Å². The van der Waals surface area contributed by atoms with Crippen LogP contribution in [0.4, 0.5) is 5.69 Å². The first kappa shape index (κ1) is 12.6. The zero-order valence-corrected chi connectivity index (χ0v) is 10.6. The van der Waals surface area contributed by atoms with E-state index in [-0.39, 0.29) is 5.91 Å². The van der Waals surface area contributed by atoms with Crippen LogP contribution < -0.4 is 10.6 Å². The number of hydrogen-bond donors (Lipinski definition) is 2. The zero-order chi connectivity index (χ0) is 13.0. The molecule has 0 spiro atoms. The molecular formula is C13H17N3O2. The van der Waals surface area contributed by atoms with Gasteiger partial charge in [0.1, 0.15) is 5.52 Å². The van der Waals surface area contributed by atoms with Crippen LogP contribution in [0.25, 0.3) is 11.1 Å². The first-order chi connectivity index (χ1) is 8.72. The topological polar surface area (TPSA) is 67.2 Å². The molecule has 0 fully saturated rings. The highest BCUT2D eigenvalue weighted by Crippen LogP contribution is 2.20. The Bertz CT molecular complexity index is 548. The van der Waals surface area contributed by atoms with Crippen molar-refractivity contribution >= 4 is 22.7 Å². The molecule has 1 aromatic heterocycles. The number of carbonyl (C=O) groups is 1. The number of amides is 1. The summed E-state index contributed by atoms with van der Waals surface area (Å²) in [5.41, 5.74) is 2.26. The number of fused-ring (bicyclic) bond motifs is 1. The number of benzene rings is 1. The summed E-state index contributed by atoms with van der Waals surface area (Å²) in [5.74, 6) is 0.650. The lowest BCUT2D eigenvalue weighted by Gasteiger charge is -2.04. The molecule has 0 aliphatic carbocycles. The van der Waals surface area contributed by atoms with Crippen LogP contribution >= 0.6 is 0 Å². The summed E-state index contributed by atoms with van der Waals surface area (Å²) in [6, 6.07) is 5.46. The molecule has 96 valence electrons. The zero-order valence-electron chi connectivity index (χ0n) is 10.6. The third kappa shape index (κ3) is 2.87. The second kappa shape index (κ2) is 5.64. The van der Waals surface area contributed by atoms with Crippen LogP contribution in [-0.4, -0.2) is 24.0 Å². The predicted molar refractivity (Wildman–Crippen MR) is 70.6 cm³/mol. The van der Waals surface area contributed by atoms with E-state index in [1.807, 2.05) is 32.0 Å². The molecule has 2 N–H and O–H groups in total. The summed E-state index contributed by atoms with van der Waals surface area (Å²) in [6.07, 6.45) is 0.761. The maximum absolute atomic E-state index is 11.6. The molecule has 5 nitrogen and oxygen atoms in total. The average molecular weight is 247 g/mol. The molecule has 2 aromatic rings. The van der Waals surface area contributed by atoms with E-state index in [0.717, 1.165) is 29.8 Å². The number of anilines is 1. The van der Waals surface area contributed by atoms with Gasteiger partial charge in [0, 0.05) is 12.1 Å². The third-order valence-electron chi connectivity index (χ3n) is 2.55. The molecule has 0 atom stereocenters. The van der Waals surface area contributed by atoms with Gasteiger partial charge in [0.2, 0.25) is 5.91 Å². The molecule has 0 aliphatic heterocycles. The number of nitrogens with one attached hydrogen (secondary N) is 2. The van der Waals surface area contributed by atoms with Gasteiger partial charge in [0.25, 0.3) is 0 Å². The molecule has 1 amide bonds. The maximum atomic E-state index is 11.6. The monoisotopic (exact) mass is 247 g/mol. The van der Waals surface area contributed by atoms with Gasteiger partial charge in [-0.2, -0.15) is 0 Å². The first-order valence-electron chi connectivity index (χ1n) is 6.13. The van der Waals surface area contributed by atoms with Crippen molar-refractivity contribution in [2.75, 3.05) is 18.4 Å². The van der Waals surface area contributed by atoms with E-state index in [1.54, 1.807) is 0 Å². The van der Waals surface area contributed by atoms with Crippen LogP contribution in [0.5, 0.6) is 0 Å². The molecule has 5 heteroatoms. The van der Waals surface area contributed by atoms with E-state index < -0.39 is 0 Å². The highest BCUT2D eigenvalue weighted by molar-refractivity contribution is 5.94. The van der Waals surface area contributed by atoms with Crippen LogP contribution in [0.1, 0.15) is 19.7 Å². The molecule has 1 heterocycles. The van der Waals surface area contributed by atoms with Gasteiger partial charge in [0.15, 0.2) is 11.5 Å². The number of aryl methyl sites for hydroxylation is 1. The van der Waals surface area contributed by atoms with Gasteiger partial charge in [-0.05, 0) is 24.7 Å². The van der Waals surface area contributed by atoms with Crippen LogP contribution in [0.15, 0.2) is 22.6 Å². The summed E-state index contributed by atoms with van der Waals surface area (Å²) >= 11 is 0. The molecule has 0 saturated carbocycles. The van der Waals surface area contributed by atoms with E-state index in [1.165, 1.54) is 0 Å². The molecule has 0 saturated heterocycles. The van der Waals surface area contributed by atoms with Crippen molar-refractivity contribution < 1.29 is 9.21 Å². The largest absolute Gasteiger partial charge is 0.441 e. The molecule has 0 radical (unpaired) electrons. The molecule has 0 unspecified atom stereocenters. The molecule has 0 aliphatic rings. The van der Waals surface area contributed by atoms with Gasteiger partial charge in [-0.1, -0.05) is 13.8 Å². The molecule has 1 aromatic carbocycles. The van der Waals surface area contributed by atoms with Gasteiger partial charge in [0.05, 0.1) is 6.54 Å². The fourth-order valence-electron chi connectivity index (χ4n) is 1.65. The maximum Gasteiger partial charge on any atom is 0.238 e. The van der Waals surface area contributed by atoms with Gasteiger partial charge >= 0.3 is 0 Å². The van der Waals surface area contributed by atoms with Gasteiger partial charge in [-0.15, -0.1) is 0 Å². The van der Waals surface area contributed by atoms with E-state index in [4.69, 9.17) is 4.42 Å². The van der Waals surface area contributed by atoms with E-state index in [0.29, 0.717) is 12.4 Å². The summed E-state index contributed by atoms with van der Waals surface area (Å²) in [5, 5.41) is 5.79. The van der Waals surface area contributed by atoms with Gasteiger partial charge in [-0.3, -0.25) is 4.79 Å². The lowest BCUT2D eigenvalue weighted by atomic mass is 10.3. The molecule has 0 bridgehead atoms. The Labute approximate surface area is 106 Å². The number of hydrogen-bond acceptors (Lipinski definition) is 4. The standard InChI is InChI=1S/C13H17N3O2/c1-3-13-16-10-7-9(5-6-11(10)18-13)15-12(17)8-14-4-2/h5-7,14H,3-4,8H2,1-2H3,(H,15,17). The second-order valence-electron chi connectivity index (χ2n) is 3.97. The quantitative estimate of drug-likeness (QED) is 0.847. The van der Waals surface area contributed by atoms with Crippen molar-refractivity contribution in [3.63, 3.8) is 0 Å². The Kier molecular flexibility index (Phi) is 3.94. The van der Waals surface area contributed by atoms with Crippen molar-refractivity contribution in [3.05, 3.63) is 24.1 Å². The molecule has 18 heavy (non-hydrogen) atoms. The normalized spacial score (nSPS) is 10.8. The summed E-state index contributed by atoms with van der Waals surface area (Å²) in [7, 11) is 0. The Morgan fingerprint density at radius 3 is 2.94 bits per heavy atom. The van der Waals surface area contributed by atoms with Crippen LogP contribution in [0.2, 0.25) is 0 Å². The number of rotatable bonds is 5. The van der Waals surface area contributed by atoms with Crippen LogP contribution in [0, 0.1) is 0 Å². The predicted octanol–water partition coefficient (Wildman–Crippen LogP) is 1.94. The number of likely N-dealkylation sites (N-methyl/N-ethyl adjacent to an activating group) is 1. The van der Waals surface area contributed by atoms with Crippen LogP contribution in [0.3, 0.4) is 0 Å². The van der Waals surface area contributed by atoms with E-state index in [2.05, 4.69) is 15.6 Å². The minimum atomic E-state index is -0.0598. The SMILES string of the molecule is CCNCC(=O)Nc1ccc2oc(CC)nc2c1. The number of nitrogens with zero attached hydrogens (tertiary/aromatic N) is 1. The fourth-order valence-corrected chi connectivity index (χ4v) is 1.65. The summed E-state index contributed by atoms with van der Waals surface area (Å²) < 4.78 is 5.51. The van der Waals surface area contributed by atoms with Gasteiger partial charge < -0.3 is 15.1 Å². The molecular weight excluding hydrogens is 230 g/mol. The number of aromatic nitrogens is 1. The van der Waals surface area contributed by atoms with Crippen molar-refractivity contribution in [1.82, 2.24) is 10.3 Å². The lowest BCUT2D eigenvalue weighted by molar-refractivity contribution is -0.115. The van der Waals surface area contributed by atoms with Crippen LogP contribution in [-0.2, 0) is 11.2 Å². The van der Waals surface area contributed by atoms with Crippen molar-refractivity contribution in [2.24, 2.45) is 0 Å². The molecule has 2 rings (SSSR count). The lowest BCUT2D eigenvalue weighted by Crippen LogP contribution is -2.27. The number of carbonyl (C=O) groups excluding carboxylic acids is 1. The first-order valence-corrected chi connectivity index (χ1v) is 6.13. The second-order valence-corrected chi connectivity index (χ2v) is 3.97. The fraction of sp³-hybridized carbons (Fsp3) is 0.385. The van der Waals surface area contributed by atoms with Crippen molar-refractivity contribution in [1.29, 1.82) is 0 Å². The number of oxazole rings is 1. The average Bonchev–Trinajstić information content (AvgIpc) is 2.78. The van der Waals surface area contributed by atoms with E-state index >= 15 is 0 Å². The third-order valence-corrected chi connectivity index (χ3v) is 2.55. The summed E-state index contributed by atoms with van der Waals surface area (Å²) in [4.78, 5) is 15.9. The summed E-state index contributed by atoms with van der Waals surface area (Å²) in [6.45, 7) is 5.04. The Hall–Kier alpha value is -1.88. The highest BCUT2D eigenvalue weighted by Gasteiger charge is 2.06. The van der Waals surface area contributed by atoms with Gasteiger partial charge in [-0.25, -0.2) is 4.98 Å². The smallest absolute Gasteiger partial charge is 0.238 e.